The molecule has 32 heavy (non-hydrogen) atoms. The summed E-state index contributed by atoms with van der Waals surface area (Å²) < 4.78 is 38.4. The SMILES string of the molecule is CCNC(=NCC#Cc1cccc(C(F)(F)F)c1)NC1CCN(c2ccccn2)CC1.I. The molecule has 1 aliphatic rings. The molecule has 1 fully saturated rings. The van der Waals surface area contributed by atoms with E-state index in [9.17, 15) is 13.2 Å². The minimum absolute atomic E-state index is 0. The van der Waals surface area contributed by atoms with E-state index < -0.39 is 11.7 Å². The van der Waals surface area contributed by atoms with Gasteiger partial charge in [0.25, 0.3) is 0 Å². The third-order valence-corrected chi connectivity index (χ3v) is 4.89. The first-order chi connectivity index (χ1) is 15.0. The molecule has 0 atom stereocenters. The molecule has 0 aliphatic carbocycles. The molecular formula is C23H27F3IN5. The van der Waals surface area contributed by atoms with Crippen molar-refractivity contribution in [1.82, 2.24) is 15.6 Å². The highest BCUT2D eigenvalue weighted by Crippen LogP contribution is 2.29. The predicted molar refractivity (Wildman–Crippen MR) is 132 cm³/mol. The normalized spacial score (nSPS) is 14.8. The van der Waals surface area contributed by atoms with E-state index in [1.807, 2.05) is 25.1 Å². The number of halogens is 4. The predicted octanol–water partition coefficient (Wildman–Crippen LogP) is 4.29. The van der Waals surface area contributed by atoms with E-state index in [1.165, 1.54) is 6.07 Å². The maximum absolute atomic E-state index is 12.8. The fourth-order valence-electron chi connectivity index (χ4n) is 3.34. The minimum atomic E-state index is -4.37. The molecular weight excluding hydrogens is 530 g/mol. The molecule has 1 aromatic heterocycles. The molecule has 0 spiro atoms. The molecule has 5 nitrogen and oxygen atoms in total. The highest BCUT2D eigenvalue weighted by Gasteiger charge is 2.30. The van der Waals surface area contributed by atoms with Gasteiger partial charge in [0.2, 0.25) is 0 Å². The minimum Gasteiger partial charge on any atom is -0.357 e. The Morgan fingerprint density at radius 3 is 2.62 bits per heavy atom. The zero-order valence-corrected chi connectivity index (χ0v) is 20.2. The summed E-state index contributed by atoms with van der Waals surface area (Å²) in [5, 5.41) is 6.63. The van der Waals surface area contributed by atoms with Gasteiger partial charge in [-0.05, 0) is 50.1 Å². The molecule has 2 N–H and O–H groups in total. The number of pyridine rings is 1. The standard InChI is InChI=1S/C23H26F3N5.HI/c1-2-27-22(29-14-6-8-18-7-5-9-19(17-18)23(24,25)26)30-20-11-15-31(16-12-20)21-10-3-4-13-28-21;/h3-5,7,9-10,13,17,20H,2,11-12,14-16H2,1H3,(H2,27,29,30);1H. The van der Waals surface area contributed by atoms with Gasteiger partial charge in [-0.15, -0.1) is 24.0 Å². The van der Waals surface area contributed by atoms with Gasteiger partial charge in [0.05, 0.1) is 5.56 Å². The third-order valence-electron chi connectivity index (χ3n) is 4.89. The fourth-order valence-corrected chi connectivity index (χ4v) is 3.34. The second-order valence-electron chi connectivity index (χ2n) is 7.17. The van der Waals surface area contributed by atoms with Gasteiger partial charge in [0.15, 0.2) is 5.96 Å². The fraction of sp³-hybridized carbons (Fsp3) is 0.391. The van der Waals surface area contributed by atoms with Crippen molar-refractivity contribution in [2.75, 3.05) is 31.1 Å². The first-order valence-corrected chi connectivity index (χ1v) is 10.3. The quantitative estimate of drug-likeness (QED) is 0.255. The van der Waals surface area contributed by atoms with Crippen LogP contribution >= 0.6 is 24.0 Å². The van der Waals surface area contributed by atoms with E-state index in [-0.39, 0.29) is 36.6 Å². The van der Waals surface area contributed by atoms with Crippen molar-refractivity contribution in [2.24, 2.45) is 4.99 Å². The molecule has 1 aromatic carbocycles. The molecule has 0 saturated carbocycles. The number of nitrogens with zero attached hydrogens (tertiary/aromatic N) is 3. The molecule has 1 aliphatic heterocycles. The second kappa shape index (κ2) is 12.5. The molecule has 0 radical (unpaired) electrons. The second-order valence-corrected chi connectivity index (χ2v) is 7.17. The zero-order valence-electron chi connectivity index (χ0n) is 17.8. The van der Waals surface area contributed by atoms with Gasteiger partial charge in [-0.3, -0.25) is 0 Å². The highest BCUT2D eigenvalue weighted by atomic mass is 127. The number of guanidine groups is 1. The maximum Gasteiger partial charge on any atom is 0.416 e. The number of piperidine rings is 1. The van der Waals surface area contributed by atoms with Crippen LogP contribution in [0.25, 0.3) is 0 Å². The molecule has 0 bridgehead atoms. The highest BCUT2D eigenvalue weighted by molar-refractivity contribution is 14.0. The largest absolute Gasteiger partial charge is 0.416 e. The summed E-state index contributed by atoms with van der Waals surface area (Å²) in [7, 11) is 0. The summed E-state index contributed by atoms with van der Waals surface area (Å²) in [5.41, 5.74) is -0.375. The van der Waals surface area contributed by atoms with Gasteiger partial charge in [0, 0.05) is 37.4 Å². The van der Waals surface area contributed by atoms with E-state index in [0.29, 0.717) is 18.1 Å². The summed E-state index contributed by atoms with van der Waals surface area (Å²) in [6.07, 6.45) is -0.659. The molecule has 172 valence electrons. The van der Waals surface area contributed by atoms with Crippen molar-refractivity contribution in [2.45, 2.75) is 32.0 Å². The molecule has 2 heterocycles. The number of hydrogen-bond donors (Lipinski definition) is 2. The number of nitrogens with one attached hydrogen (secondary N) is 2. The van der Waals surface area contributed by atoms with Gasteiger partial charge in [-0.1, -0.05) is 24.0 Å². The van der Waals surface area contributed by atoms with Crippen LogP contribution in [0, 0.1) is 11.8 Å². The Labute approximate surface area is 203 Å². The summed E-state index contributed by atoms with van der Waals surface area (Å²) >= 11 is 0. The number of rotatable bonds is 4. The van der Waals surface area contributed by atoms with Crippen molar-refractivity contribution < 1.29 is 13.2 Å². The van der Waals surface area contributed by atoms with Crippen LogP contribution in [-0.4, -0.2) is 43.2 Å². The van der Waals surface area contributed by atoms with E-state index in [2.05, 4.69) is 37.4 Å². The van der Waals surface area contributed by atoms with Crippen molar-refractivity contribution in [3.8, 4) is 11.8 Å². The zero-order chi connectivity index (χ0) is 22.1. The number of hydrogen-bond acceptors (Lipinski definition) is 3. The van der Waals surface area contributed by atoms with Crippen LogP contribution in [0.1, 0.15) is 30.9 Å². The van der Waals surface area contributed by atoms with E-state index >= 15 is 0 Å². The van der Waals surface area contributed by atoms with Gasteiger partial charge in [-0.25, -0.2) is 9.98 Å². The number of aromatic nitrogens is 1. The van der Waals surface area contributed by atoms with Crippen molar-refractivity contribution in [1.29, 1.82) is 0 Å². The van der Waals surface area contributed by atoms with Crippen LogP contribution in [0.15, 0.2) is 53.7 Å². The summed E-state index contributed by atoms with van der Waals surface area (Å²) in [6.45, 7) is 4.69. The molecule has 3 rings (SSSR count). The van der Waals surface area contributed by atoms with Crippen LogP contribution in [0.5, 0.6) is 0 Å². The Balaban J connectivity index is 0.00000363. The van der Waals surface area contributed by atoms with Crippen LogP contribution in [0.3, 0.4) is 0 Å². The summed E-state index contributed by atoms with van der Waals surface area (Å²) in [5.74, 6) is 7.25. The molecule has 2 aromatic rings. The van der Waals surface area contributed by atoms with Crippen LogP contribution < -0.4 is 15.5 Å². The monoisotopic (exact) mass is 557 g/mol. The lowest BCUT2D eigenvalue weighted by molar-refractivity contribution is -0.137. The Morgan fingerprint density at radius 1 is 1.19 bits per heavy atom. The number of alkyl halides is 3. The number of benzene rings is 1. The summed E-state index contributed by atoms with van der Waals surface area (Å²) in [6, 6.07) is 11.2. The van der Waals surface area contributed by atoms with Gasteiger partial charge in [0.1, 0.15) is 12.4 Å². The van der Waals surface area contributed by atoms with E-state index in [1.54, 1.807) is 12.3 Å². The lowest BCUT2D eigenvalue weighted by atomic mass is 10.1. The lowest BCUT2D eigenvalue weighted by Gasteiger charge is -2.33. The van der Waals surface area contributed by atoms with E-state index in [0.717, 1.165) is 43.9 Å². The van der Waals surface area contributed by atoms with Crippen molar-refractivity contribution in [3.05, 3.63) is 59.8 Å². The average Bonchev–Trinajstić information content (AvgIpc) is 2.77. The van der Waals surface area contributed by atoms with Crippen LogP contribution in [0.2, 0.25) is 0 Å². The molecule has 0 amide bonds. The summed E-state index contributed by atoms with van der Waals surface area (Å²) in [4.78, 5) is 11.1. The maximum atomic E-state index is 12.8. The van der Waals surface area contributed by atoms with Crippen LogP contribution in [-0.2, 0) is 6.18 Å². The first kappa shape index (κ1) is 25.8. The third kappa shape index (κ3) is 7.89. The Morgan fingerprint density at radius 2 is 1.97 bits per heavy atom. The first-order valence-electron chi connectivity index (χ1n) is 10.3. The Kier molecular flexibility index (Phi) is 10.1. The van der Waals surface area contributed by atoms with Gasteiger partial charge < -0.3 is 15.5 Å². The van der Waals surface area contributed by atoms with E-state index in [4.69, 9.17) is 0 Å². The Hall–Kier alpha value is -2.48. The van der Waals surface area contributed by atoms with Crippen molar-refractivity contribution in [3.63, 3.8) is 0 Å². The van der Waals surface area contributed by atoms with Crippen LogP contribution in [0.4, 0.5) is 19.0 Å². The van der Waals surface area contributed by atoms with Gasteiger partial charge in [-0.2, -0.15) is 13.2 Å². The Bertz CT molecular complexity index is 930. The molecule has 1 saturated heterocycles. The average molecular weight is 557 g/mol. The topological polar surface area (TPSA) is 52.6 Å². The lowest BCUT2D eigenvalue weighted by Crippen LogP contribution is -2.49. The number of anilines is 1. The van der Waals surface area contributed by atoms with Crippen molar-refractivity contribution >= 4 is 35.8 Å². The van der Waals surface area contributed by atoms with Gasteiger partial charge >= 0.3 is 6.18 Å². The number of aliphatic imine (C=N–C) groups is 1. The smallest absolute Gasteiger partial charge is 0.357 e. The molecule has 9 heteroatoms. The molecule has 0 unspecified atom stereocenters.